The van der Waals surface area contributed by atoms with Crippen molar-refractivity contribution in [3.05, 3.63) is 28.8 Å². The van der Waals surface area contributed by atoms with Gasteiger partial charge in [-0.1, -0.05) is 31.5 Å². The molecule has 106 valence electrons. The van der Waals surface area contributed by atoms with E-state index in [1.54, 1.807) is 0 Å². The minimum absolute atomic E-state index is 0.208. The number of nitrogens with one attached hydrogen (secondary N) is 1. The van der Waals surface area contributed by atoms with Crippen molar-refractivity contribution in [2.75, 3.05) is 11.9 Å². The summed E-state index contributed by atoms with van der Waals surface area (Å²) in [4.78, 5) is 0. The predicted octanol–water partition coefficient (Wildman–Crippen LogP) is 4.23. The fraction of sp³-hybridized carbons (Fsp3) is 0.647. The Kier molecular flexibility index (Phi) is 3.91. The van der Waals surface area contributed by atoms with Crippen molar-refractivity contribution in [1.29, 1.82) is 0 Å². The molecular formula is C17H27NO. The van der Waals surface area contributed by atoms with Crippen LogP contribution >= 0.6 is 0 Å². The molecule has 2 heteroatoms. The molecule has 1 aliphatic carbocycles. The van der Waals surface area contributed by atoms with E-state index in [1.165, 1.54) is 22.4 Å². The number of hydrogen-bond acceptors (Lipinski definition) is 2. The number of hydrogen-bond donors (Lipinski definition) is 1. The average molecular weight is 261 g/mol. The zero-order valence-corrected chi connectivity index (χ0v) is 13.1. The monoisotopic (exact) mass is 261 g/mol. The third-order valence-corrected chi connectivity index (χ3v) is 4.54. The first kappa shape index (κ1) is 14.4. The van der Waals surface area contributed by atoms with E-state index in [2.05, 4.69) is 59.0 Å². The lowest BCUT2D eigenvalue weighted by Crippen LogP contribution is -2.58. The summed E-state index contributed by atoms with van der Waals surface area (Å²) < 4.78 is 5.80. The van der Waals surface area contributed by atoms with E-state index in [4.69, 9.17) is 4.74 Å². The van der Waals surface area contributed by atoms with Crippen molar-refractivity contribution < 1.29 is 4.74 Å². The molecule has 0 radical (unpaired) electrons. The minimum Gasteiger partial charge on any atom is -0.381 e. The van der Waals surface area contributed by atoms with Gasteiger partial charge in [-0.3, -0.25) is 0 Å². The Bertz CT molecular complexity index is 441. The molecule has 1 aromatic carbocycles. The van der Waals surface area contributed by atoms with E-state index < -0.39 is 0 Å². The summed E-state index contributed by atoms with van der Waals surface area (Å²) in [6, 6.07) is 5.01. The van der Waals surface area contributed by atoms with Gasteiger partial charge >= 0.3 is 0 Å². The minimum atomic E-state index is 0.208. The molecule has 2 unspecified atom stereocenters. The highest BCUT2D eigenvalue weighted by Gasteiger charge is 2.49. The summed E-state index contributed by atoms with van der Waals surface area (Å²) in [5, 5.41) is 3.74. The first-order valence-electron chi connectivity index (χ1n) is 7.32. The smallest absolute Gasteiger partial charge is 0.0665 e. The largest absolute Gasteiger partial charge is 0.381 e. The van der Waals surface area contributed by atoms with Crippen molar-refractivity contribution in [3.63, 3.8) is 0 Å². The summed E-state index contributed by atoms with van der Waals surface area (Å²) in [5.41, 5.74) is 5.53. The van der Waals surface area contributed by atoms with Gasteiger partial charge in [0.15, 0.2) is 0 Å². The second kappa shape index (κ2) is 5.16. The van der Waals surface area contributed by atoms with Gasteiger partial charge in [0.1, 0.15) is 0 Å². The van der Waals surface area contributed by atoms with Crippen molar-refractivity contribution in [2.24, 2.45) is 5.41 Å². The van der Waals surface area contributed by atoms with Crippen molar-refractivity contribution in [2.45, 2.75) is 60.1 Å². The summed E-state index contributed by atoms with van der Waals surface area (Å²) >= 11 is 0. The predicted molar refractivity (Wildman–Crippen MR) is 81.9 cm³/mol. The third kappa shape index (κ3) is 2.64. The molecule has 2 nitrogen and oxygen atoms in total. The van der Waals surface area contributed by atoms with Crippen molar-refractivity contribution in [3.8, 4) is 0 Å². The topological polar surface area (TPSA) is 21.3 Å². The molecule has 0 heterocycles. The molecule has 0 saturated heterocycles. The second-order valence-electron chi connectivity index (χ2n) is 6.47. The Morgan fingerprint density at radius 3 is 2.26 bits per heavy atom. The SMILES string of the molecule is CCOC1CC(Nc2c(C)cc(C)cc2C)C1(C)C. The average Bonchev–Trinajstić information content (AvgIpc) is 2.30. The van der Waals surface area contributed by atoms with Crippen LogP contribution in [0.5, 0.6) is 0 Å². The molecule has 0 bridgehead atoms. The molecule has 0 aliphatic heterocycles. The first-order chi connectivity index (χ1) is 8.86. The number of benzene rings is 1. The van der Waals surface area contributed by atoms with Crippen LogP contribution in [0, 0.1) is 26.2 Å². The maximum Gasteiger partial charge on any atom is 0.0665 e. The second-order valence-corrected chi connectivity index (χ2v) is 6.47. The van der Waals surface area contributed by atoms with Crippen LogP contribution in [0.4, 0.5) is 5.69 Å². The maximum absolute atomic E-state index is 5.80. The normalized spacial score (nSPS) is 24.9. The highest BCUT2D eigenvalue weighted by atomic mass is 16.5. The highest BCUT2D eigenvalue weighted by molar-refractivity contribution is 5.59. The maximum atomic E-state index is 5.80. The van der Waals surface area contributed by atoms with E-state index in [9.17, 15) is 0 Å². The van der Waals surface area contributed by atoms with Gasteiger partial charge in [0.25, 0.3) is 0 Å². The lowest BCUT2D eigenvalue weighted by Gasteiger charge is -2.52. The quantitative estimate of drug-likeness (QED) is 0.876. The molecule has 2 rings (SSSR count). The Balaban J connectivity index is 2.12. The Labute approximate surface area is 117 Å². The van der Waals surface area contributed by atoms with Crippen LogP contribution in [-0.4, -0.2) is 18.8 Å². The number of anilines is 1. The van der Waals surface area contributed by atoms with E-state index in [0.29, 0.717) is 12.1 Å². The lowest BCUT2D eigenvalue weighted by atomic mass is 9.64. The van der Waals surface area contributed by atoms with Gasteiger partial charge in [0, 0.05) is 23.8 Å². The molecule has 1 aliphatic rings. The van der Waals surface area contributed by atoms with Crippen molar-refractivity contribution in [1.82, 2.24) is 0 Å². The molecule has 0 aromatic heterocycles. The fourth-order valence-corrected chi connectivity index (χ4v) is 3.20. The van der Waals surface area contributed by atoms with E-state index >= 15 is 0 Å². The van der Waals surface area contributed by atoms with Gasteiger partial charge in [0.05, 0.1) is 6.10 Å². The number of ether oxygens (including phenoxy) is 1. The van der Waals surface area contributed by atoms with Crippen molar-refractivity contribution >= 4 is 5.69 Å². The molecule has 2 atom stereocenters. The van der Waals surface area contributed by atoms with Crippen LogP contribution in [0.15, 0.2) is 12.1 Å². The van der Waals surface area contributed by atoms with Crippen LogP contribution in [0.1, 0.15) is 43.9 Å². The lowest BCUT2D eigenvalue weighted by molar-refractivity contribution is -0.0976. The fourth-order valence-electron chi connectivity index (χ4n) is 3.20. The molecular weight excluding hydrogens is 234 g/mol. The van der Waals surface area contributed by atoms with Crippen LogP contribution in [0.3, 0.4) is 0 Å². The molecule has 1 saturated carbocycles. The van der Waals surface area contributed by atoms with Crippen LogP contribution in [-0.2, 0) is 4.74 Å². The molecule has 1 aromatic rings. The van der Waals surface area contributed by atoms with Gasteiger partial charge < -0.3 is 10.1 Å². The standard InChI is InChI=1S/C17H27NO/c1-7-19-15-10-14(17(15,5)6)18-16-12(3)8-11(2)9-13(16)4/h8-9,14-15,18H,7,10H2,1-6H3. The summed E-state index contributed by atoms with van der Waals surface area (Å²) in [6.07, 6.45) is 1.49. The molecule has 19 heavy (non-hydrogen) atoms. The van der Waals surface area contributed by atoms with Crippen LogP contribution in [0.25, 0.3) is 0 Å². The number of rotatable bonds is 4. The third-order valence-electron chi connectivity index (χ3n) is 4.54. The van der Waals surface area contributed by atoms with Crippen LogP contribution < -0.4 is 5.32 Å². The van der Waals surface area contributed by atoms with Crippen LogP contribution in [0.2, 0.25) is 0 Å². The zero-order valence-electron chi connectivity index (χ0n) is 13.1. The van der Waals surface area contributed by atoms with Gasteiger partial charge in [-0.05, 0) is 45.2 Å². The van der Waals surface area contributed by atoms with E-state index in [0.717, 1.165) is 13.0 Å². The summed E-state index contributed by atoms with van der Waals surface area (Å²) in [7, 11) is 0. The molecule has 1 fully saturated rings. The summed E-state index contributed by atoms with van der Waals surface area (Å²) in [6.45, 7) is 14.0. The number of aryl methyl sites for hydroxylation is 3. The molecule has 0 spiro atoms. The Hall–Kier alpha value is -1.02. The van der Waals surface area contributed by atoms with Gasteiger partial charge in [-0.25, -0.2) is 0 Å². The Morgan fingerprint density at radius 1 is 1.21 bits per heavy atom. The Morgan fingerprint density at radius 2 is 1.79 bits per heavy atom. The molecule has 1 N–H and O–H groups in total. The van der Waals surface area contributed by atoms with E-state index in [-0.39, 0.29) is 5.41 Å². The summed E-state index contributed by atoms with van der Waals surface area (Å²) in [5.74, 6) is 0. The van der Waals surface area contributed by atoms with E-state index in [1.807, 2.05) is 0 Å². The van der Waals surface area contributed by atoms with Gasteiger partial charge in [0.2, 0.25) is 0 Å². The van der Waals surface area contributed by atoms with Gasteiger partial charge in [-0.15, -0.1) is 0 Å². The highest BCUT2D eigenvalue weighted by Crippen LogP contribution is 2.45. The zero-order chi connectivity index (χ0) is 14.2. The first-order valence-corrected chi connectivity index (χ1v) is 7.32. The molecule has 0 amide bonds. The van der Waals surface area contributed by atoms with Gasteiger partial charge in [-0.2, -0.15) is 0 Å².